The van der Waals surface area contributed by atoms with E-state index in [1.807, 2.05) is 50.2 Å². The van der Waals surface area contributed by atoms with Gasteiger partial charge in [0.05, 0.1) is 10.9 Å². The van der Waals surface area contributed by atoms with Crippen LogP contribution in [0.3, 0.4) is 0 Å². The average Bonchev–Trinajstić information content (AvgIpc) is 2.58. The second-order valence-electron chi connectivity index (χ2n) is 7.17. The van der Waals surface area contributed by atoms with Crippen molar-refractivity contribution in [1.82, 2.24) is 4.72 Å². The van der Waals surface area contributed by atoms with Gasteiger partial charge in [0.15, 0.2) is 0 Å². The molecule has 5 heteroatoms. The zero-order chi connectivity index (χ0) is 17.6. The SMILES string of the molecule is Cc1cc2c(c(C)c1O)C(NS(=O)c1ccccc1)CC1(CCC1)O2. The van der Waals surface area contributed by atoms with Crippen LogP contribution < -0.4 is 9.46 Å². The number of ether oxygens (including phenoxy) is 1. The van der Waals surface area contributed by atoms with Crippen LogP contribution in [0.25, 0.3) is 0 Å². The molecule has 25 heavy (non-hydrogen) atoms. The summed E-state index contributed by atoms with van der Waals surface area (Å²) in [5, 5.41) is 10.4. The van der Waals surface area contributed by atoms with E-state index >= 15 is 0 Å². The molecule has 2 aromatic carbocycles. The lowest BCUT2D eigenvalue weighted by Crippen LogP contribution is -2.49. The van der Waals surface area contributed by atoms with Gasteiger partial charge in [0, 0.05) is 12.0 Å². The zero-order valence-corrected chi connectivity index (χ0v) is 15.4. The van der Waals surface area contributed by atoms with Crippen molar-refractivity contribution < 1.29 is 14.1 Å². The predicted molar refractivity (Wildman–Crippen MR) is 98.1 cm³/mol. The molecular weight excluding hydrogens is 334 g/mol. The van der Waals surface area contributed by atoms with E-state index in [1.165, 1.54) is 6.42 Å². The highest BCUT2D eigenvalue weighted by atomic mass is 32.2. The summed E-state index contributed by atoms with van der Waals surface area (Å²) in [6.45, 7) is 3.79. The molecule has 1 heterocycles. The Labute approximate surface area is 150 Å². The fourth-order valence-corrected chi connectivity index (χ4v) is 4.94. The third-order valence-electron chi connectivity index (χ3n) is 5.47. The van der Waals surface area contributed by atoms with Crippen molar-refractivity contribution in [2.24, 2.45) is 0 Å². The van der Waals surface area contributed by atoms with Crippen molar-refractivity contribution in [2.45, 2.75) is 56.1 Å². The lowest BCUT2D eigenvalue weighted by Gasteiger charge is -2.48. The van der Waals surface area contributed by atoms with Crippen LogP contribution in [-0.4, -0.2) is 14.9 Å². The van der Waals surface area contributed by atoms with Gasteiger partial charge >= 0.3 is 0 Å². The maximum absolute atomic E-state index is 12.8. The highest BCUT2D eigenvalue weighted by Gasteiger charge is 2.46. The Morgan fingerprint density at radius 2 is 1.96 bits per heavy atom. The van der Waals surface area contributed by atoms with E-state index < -0.39 is 11.0 Å². The number of phenols is 1. The highest BCUT2D eigenvalue weighted by molar-refractivity contribution is 7.83. The molecule has 0 radical (unpaired) electrons. The summed E-state index contributed by atoms with van der Waals surface area (Å²) in [5.41, 5.74) is 2.41. The van der Waals surface area contributed by atoms with Crippen LogP contribution in [0.4, 0.5) is 0 Å². The van der Waals surface area contributed by atoms with E-state index in [0.717, 1.165) is 46.6 Å². The van der Waals surface area contributed by atoms with Gasteiger partial charge in [-0.05, 0) is 62.4 Å². The van der Waals surface area contributed by atoms with Crippen molar-refractivity contribution in [3.8, 4) is 11.5 Å². The van der Waals surface area contributed by atoms with Crippen LogP contribution in [-0.2, 0) is 11.0 Å². The van der Waals surface area contributed by atoms with Crippen LogP contribution in [0.1, 0.15) is 48.4 Å². The van der Waals surface area contributed by atoms with Gasteiger partial charge in [-0.1, -0.05) is 18.2 Å². The topological polar surface area (TPSA) is 58.6 Å². The third-order valence-corrected chi connectivity index (χ3v) is 6.67. The second-order valence-corrected chi connectivity index (χ2v) is 8.42. The zero-order valence-electron chi connectivity index (χ0n) is 14.5. The first kappa shape index (κ1) is 16.6. The lowest BCUT2D eigenvalue weighted by atomic mass is 9.72. The van der Waals surface area contributed by atoms with Gasteiger partial charge < -0.3 is 9.84 Å². The molecule has 0 aromatic heterocycles. The summed E-state index contributed by atoms with van der Waals surface area (Å²) < 4.78 is 22.4. The number of aromatic hydroxyl groups is 1. The monoisotopic (exact) mass is 357 g/mol. The van der Waals surface area contributed by atoms with Crippen molar-refractivity contribution >= 4 is 11.0 Å². The van der Waals surface area contributed by atoms with Gasteiger partial charge in [0.1, 0.15) is 28.1 Å². The molecule has 1 aliphatic carbocycles. The fourth-order valence-electron chi connectivity index (χ4n) is 3.94. The molecule has 2 N–H and O–H groups in total. The van der Waals surface area contributed by atoms with Gasteiger partial charge in [0.25, 0.3) is 0 Å². The Kier molecular flexibility index (Phi) is 4.08. The minimum absolute atomic E-state index is 0.100. The standard InChI is InChI=1S/C20H23NO3S/c1-13-11-17-18(14(2)19(13)22)16(12-20(24-17)9-6-10-20)21-25(23)15-7-4-3-5-8-15/h3-5,7-8,11,16,21-22H,6,9-10,12H2,1-2H3. The minimum atomic E-state index is -1.31. The molecule has 4 rings (SSSR count). The molecule has 2 aliphatic rings. The summed E-state index contributed by atoms with van der Waals surface area (Å²) in [7, 11) is -1.31. The van der Waals surface area contributed by atoms with Crippen LogP contribution in [0, 0.1) is 13.8 Å². The van der Waals surface area contributed by atoms with E-state index in [2.05, 4.69) is 4.72 Å². The summed E-state index contributed by atoms with van der Waals surface area (Å²) in [5.74, 6) is 1.12. The van der Waals surface area contributed by atoms with E-state index in [9.17, 15) is 9.32 Å². The summed E-state index contributed by atoms with van der Waals surface area (Å²) in [4.78, 5) is 0.757. The lowest BCUT2D eigenvalue weighted by molar-refractivity contribution is -0.0347. The van der Waals surface area contributed by atoms with Crippen LogP contribution >= 0.6 is 0 Å². The summed E-state index contributed by atoms with van der Waals surface area (Å²) >= 11 is 0. The van der Waals surface area contributed by atoms with E-state index in [4.69, 9.17) is 4.74 Å². The highest BCUT2D eigenvalue weighted by Crippen LogP contribution is 2.51. The van der Waals surface area contributed by atoms with Gasteiger partial charge in [0.2, 0.25) is 0 Å². The molecule has 2 atom stereocenters. The first-order valence-electron chi connectivity index (χ1n) is 8.74. The molecule has 4 nitrogen and oxygen atoms in total. The van der Waals surface area contributed by atoms with Crippen LogP contribution in [0.2, 0.25) is 0 Å². The number of phenolic OH excluding ortho intramolecular Hbond substituents is 1. The fraction of sp³-hybridized carbons (Fsp3) is 0.400. The smallest absolute Gasteiger partial charge is 0.125 e. The summed E-state index contributed by atoms with van der Waals surface area (Å²) in [6, 6.07) is 11.2. The Balaban J connectivity index is 1.72. The van der Waals surface area contributed by atoms with Gasteiger partial charge in [-0.25, -0.2) is 8.93 Å². The number of hydrogen-bond donors (Lipinski definition) is 2. The van der Waals surface area contributed by atoms with E-state index in [1.54, 1.807) is 0 Å². The maximum Gasteiger partial charge on any atom is 0.125 e. The van der Waals surface area contributed by atoms with Crippen molar-refractivity contribution in [1.29, 1.82) is 0 Å². The average molecular weight is 357 g/mol. The third kappa shape index (κ3) is 2.85. The number of rotatable bonds is 3. The normalized spacial score (nSPS) is 21.9. The quantitative estimate of drug-likeness (QED) is 0.871. The summed E-state index contributed by atoms with van der Waals surface area (Å²) in [6.07, 6.45) is 4.00. The van der Waals surface area contributed by atoms with Gasteiger partial charge in [-0.3, -0.25) is 0 Å². The van der Waals surface area contributed by atoms with Crippen LogP contribution in [0.15, 0.2) is 41.3 Å². The molecule has 2 unspecified atom stereocenters. The van der Waals surface area contributed by atoms with Gasteiger partial charge in [-0.15, -0.1) is 0 Å². The molecule has 132 valence electrons. The second kappa shape index (κ2) is 6.15. The Bertz CT molecular complexity index is 831. The molecule has 1 saturated carbocycles. The van der Waals surface area contributed by atoms with Crippen LogP contribution in [0.5, 0.6) is 11.5 Å². The minimum Gasteiger partial charge on any atom is -0.507 e. The molecule has 2 aromatic rings. The Morgan fingerprint density at radius 3 is 2.60 bits per heavy atom. The number of fused-ring (bicyclic) bond motifs is 1. The number of benzene rings is 2. The van der Waals surface area contributed by atoms with Crippen molar-refractivity contribution in [3.63, 3.8) is 0 Å². The van der Waals surface area contributed by atoms with E-state index in [-0.39, 0.29) is 11.6 Å². The molecule has 0 saturated heterocycles. The van der Waals surface area contributed by atoms with Crippen molar-refractivity contribution in [3.05, 3.63) is 53.1 Å². The largest absolute Gasteiger partial charge is 0.507 e. The molecule has 0 bridgehead atoms. The Hall–Kier alpha value is -1.85. The van der Waals surface area contributed by atoms with Gasteiger partial charge in [-0.2, -0.15) is 0 Å². The molecular formula is C20H23NO3S. The number of aryl methyl sites for hydroxylation is 1. The molecule has 1 spiro atoms. The maximum atomic E-state index is 12.8. The first-order chi connectivity index (χ1) is 12.0. The van der Waals surface area contributed by atoms with Crippen molar-refractivity contribution in [2.75, 3.05) is 0 Å². The number of hydrogen-bond acceptors (Lipinski definition) is 3. The molecule has 1 fully saturated rings. The first-order valence-corrected chi connectivity index (χ1v) is 9.89. The molecule has 1 aliphatic heterocycles. The molecule has 0 amide bonds. The predicted octanol–water partition coefficient (Wildman–Crippen LogP) is 4.07. The Morgan fingerprint density at radius 1 is 1.24 bits per heavy atom. The van der Waals surface area contributed by atoms with E-state index in [0.29, 0.717) is 5.75 Å². The number of nitrogens with one attached hydrogen (secondary N) is 1.